The minimum Gasteiger partial charge on any atom is -0.481 e. The number of nitrogens with one attached hydrogen (secondary N) is 1. The number of Topliss-reactive ketones (excluding diaryl/α,β-unsaturated/α-hetero) is 1. The monoisotopic (exact) mass is 352 g/mol. The molecule has 0 spiro atoms. The number of hydrogen-bond acceptors (Lipinski definition) is 4. The van der Waals surface area contributed by atoms with Crippen LogP contribution in [-0.2, 0) is 4.79 Å². The van der Waals surface area contributed by atoms with Gasteiger partial charge in [0.25, 0.3) is 0 Å². The van der Waals surface area contributed by atoms with Crippen molar-refractivity contribution in [3.05, 3.63) is 71.3 Å². The normalized spacial score (nSPS) is 24.3. The van der Waals surface area contributed by atoms with Crippen molar-refractivity contribution in [2.75, 3.05) is 13.1 Å². The zero-order valence-electron chi connectivity index (χ0n) is 14.6. The maximum absolute atomic E-state index is 11.3. The van der Waals surface area contributed by atoms with Crippen LogP contribution in [0.5, 0.6) is 0 Å². The van der Waals surface area contributed by atoms with Gasteiger partial charge in [0.1, 0.15) is 0 Å². The molecular formula is C21H24N2O3. The lowest BCUT2D eigenvalue weighted by Crippen LogP contribution is -2.43. The molecule has 1 saturated heterocycles. The smallest absolute Gasteiger partial charge is 0.311 e. The Bertz CT molecular complexity index is 776. The summed E-state index contributed by atoms with van der Waals surface area (Å²) in [5, 5.41) is 12.2. The van der Waals surface area contributed by atoms with Crippen molar-refractivity contribution in [1.82, 2.24) is 5.32 Å². The van der Waals surface area contributed by atoms with Crippen LogP contribution in [0, 0.1) is 0 Å². The van der Waals surface area contributed by atoms with Crippen molar-refractivity contribution in [2.45, 2.75) is 30.7 Å². The zero-order chi connectivity index (χ0) is 18.5. The fraction of sp³-hybridized carbons (Fsp3) is 0.333. The third-order valence-corrected chi connectivity index (χ3v) is 5.09. The summed E-state index contributed by atoms with van der Waals surface area (Å²) in [5.74, 6) is -1.13. The molecule has 5 heteroatoms. The number of carbonyl (C=O) groups is 2. The highest BCUT2D eigenvalue weighted by Gasteiger charge is 2.33. The fourth-order valence-corrected chi connectivity index (χ4v) is 3.62. The first-order valence-electron chi connectivity index (χ1n) is 8.94. The number of carbonyl (C=O) groups excluding carboxylic acids is 1. The number of piperidine rings is 1. The first-order valence-corrected chi connectivity index (χ1v) is 8.94. The largest absolute Gasteiger partial charge is 0.481 e. The third-order valence-electron chi connectivity index (χ3n) is 5.09. The minimum absolute atomic E-state index is 0.0667. The number of carboxylic acid groups (broad SMARTS) is 1. The van der Waals surface area contributed by atoms with Gasteiger partial charge in [-0.25, -0.2) is 0 Å². The Labute approximate surface area is 153 Å². The van der Waals surface area contributed by atoms with Crippen LogP contribution in [-0.4, -0.2) is 36.0 Å². The Balaban J connectivity index is 0.000000151. The molecule has 136 valence electrons. The Morgan fingerprint density at radius 3 is 2.46 bits per heavy atom. The van der Waals surface area contributed by atoms with Crippen molar-refractivity contribution >= 4 is 11.8 Å². The first-order chi connectivity index (χ1) is 12.6. The van der Waals surface area contributed by atoms with Crippen molar-refractivity contribution in [3.8, 4) is 0 Å². The highest BCUT2D eigenvalue weighted by atomic mass is 16.4. The van der Waals surface area contributed by atoms with Crippen molar-refractivity contribution in [1.29, 1.82) is 0 Å². The number of nitrogens with two attached hydrogens (primary N) is 1. The third kappa shape index (κ3) is 4.00. The lowest BCUT2D eigenvalue weighted by atomic mass is 9.88. The number of rotatable bonds is 2. The molecule has 0 radical (unpaired) electrons. The predicted octanol–water partition coefficient (Wildman–Crippen LogP) is 2.53. The van der Waals surface area contributed by atoms with Crippen molar-refractivity contribution in [2.24, 2.45) is 5.73 Å². The van der Waals surface area contributed by atoms with E-state index < -0.39 is 11.9 Å². The summed E-state index contributed by atoms with van der Waals surface area (Å²) in [7, 11) is 0. The van der Waals surface area contributed by atoms with Gasteiger partial charge in [-0.1, -0.05) is 54.6 Å². The van der Waals surface area contributed by atoms with E-state index in [-0.39, 0.29) is 12.2 Å². The van der Waals surface area contributed by atoms with Crippen LogP contribution in [0.15, 0.2) is 54.6 Å². The van der Waals surface area contributed by atoms with Gasteiger partial charge in [-0.15, -0.1) is 0 Å². The minimum atomic E-state index is -0.918. The van der Waals surface area contributed by atoms with E-state index in [4.69, 9.17) is 10.8 Å². The second kappa shape index (κ2) is 8.25. The van der Waals surface area contributed by atoms with Gasteiger partial charge in [0, 0.05) is 30.5 Å². The van der Waals surface area contributed by atoms with E-state index in [0.717, 1.165) is 19.5 Å². The van der Waals surface area contributed by atoms with Gasteiger partial charge in [-0.3, -0.25) is 9.59 Å². The van der Waals surface area contributed by atoms with Crippen LogP contribution < -0.4 is 11.1 Å². The number of hydrogen-bond donors (Lipinski definition) is 3. The lowest BCUT2D eigenvalue weighted by molar-refractivity contribution is -0.138. The van der Waals surface area contributed by atoms with E-state index >= 15 is 0 Å². The molecule has 26 heavy (non-hydrogen) atoms. The molecule has 1 fully saturated rings. The summed E-state index contributed by atoms with van der Waals surface area (Å²) >= 11 is 0. The molecule has 2 aliphatic rings. The highest BCUT2D eigenvalue weighted by Crippen LogP contribution is 2.32. The zero-order valence-corrected chi connectivity index (χ0v) is 14.6. The molecule has 5 nitrogen and oxygen atoms in total. The van der Waals surface area contributed by atoms with Crippen molar-refractivity contribution < 1.29 is 14.7 Å². The molecule has 1 heterocycles. The second-order valence-corrected chi connectivity index (χ2v) is 6.78. The van der Waals surface area contributed by atoms with Crippen LogP contribution >= 0.6 is 0 Å². The molecule has 2 aromatic carbocycles. The molecule has 0 bridgehead atoms. The van der Waals surface area contributed by atoms with Crippen molar-refractivity contribution in [3.63, 3.8) is 0 Å². The summed E-state index contributed by atoms with van der Waals surface area (Å²) < 4.78 is 0. The summed E-state index contributed by atoms with van der Waals surface area (Å²) in [4.78, 5) is 22.1. The standard InChI is InChI=1S/C11H16N2.C10H8O3/c12-11-6-7-13-8-10(11)9-4-2-1-3-5-9;11-9-5-8(10(12)13)6-3-1-2-4-7(6)9/h1-5,10-11,13H,6-8,12H2;1-4,8H,5H2,(H,12,13). The van der Waals surface area contributed by atoms with Crippen LogP contribution in [0.3, 0.4) is 0 Å². The summed E-state index contributed by atoms with van der Waals surface area (Å²) in [6.45, 7) is 2.08. The molecule has 3 unspecified atom stereocenters. The molecule has 4 rings (SSSR count). The van der Waals surface area contributed by atoms with Gasteiger partial charge in [-0.05, 0) is 24.1 Å². The number of carboxylic acids is 1. The Morgan fingerprint density at radius 2 is 1.77 bits per heavy atom. The molecule has 3 atom stereocenters. The van der Waals surface area contributed by atoms with E-state index in [1.54, 1.807) is 24.3 Å². The quantitative estimate of drug-likeness (QED) is 0.772. The molecule has 4 N–H and O–H groups in total. The Kier molecular flexibility index (Phi) is 5.81. The number of ketones is 1. The maximum Gasteiger partial charge on any atom is 0.311 e. The van der Waals surface area contributed by atoms with E-state index in [1.807, 2.05) is 6.07 Å². The number of benzene rings is 2. The summed E-state index contributed by atoms with van der Waals surface area (Å²) in [6.07, 6.45) is 1.19. The highest BCUT2D eigenvalue weighted by molar-refractivity contribution is 6.05. The van der Waals surface area contributed by atoms with E-state index in [0.29, 0.717) is 23.1 Å². The molecule has 1 aliphatic carbocycles. The van der Waals surface area contributed by atoms with Gasteiger partial charge in [0.15, 0.2) is 5.78 Å². The SMILES string of the molecule is NC1CCNCC1c1ccccc1.O=C1CC(C(=O)O)c2ccccc21. The number of fused-ring (bicyclic) bond motifs is 1. The van der Waals surface area contributed by atoms with E-state index in [9.17, 15) is 9.59 Å². The maximum atomic E-state index is 11.3. The Hall–Kier alpha value is -2.50. The van der Waals surface area contributed by atoms with Gasteiger partial charge in [0.2, 0.25) is 0 Å². The van der Waals surface area contributed by atoms with Crippen LogP contribution in [0.2, 0.25) is 0 Å². The fourth-order valence-electron chi connectivity index (χ4n) is 3.62. The number of aliphatic carboxylic acids is 1. The molecule has 2 aromatic rings. The molecule has 0 aromatic heterocycles. The average Bonchev–Trinajstić information content (AvgIpc) is 3.01. The van der Waals surface area contributed by atoms with E-state index in [1.165, 1.54) is 5.56 Å². The second-order valence-electron chi connectivity index (χ2n) is 6.78. The van der Waals surface area contributed by atoms with Crippen LogP contribution in [0.4, 0.5) is 0 Å². The first kappa shape index (κ1) is 18.3. The van der Waals surface area contributed by atoms with Crippen LogP contribution in [0.1, 0.15) is 46.2 Å². The van der Waals surface area contributed by atoms with E-state index in [2.05, 4.69) is 29.6 Å². The van der Waals surface area contributed by atoms with Gasteiger partial charge >= 0.3 is 5.97 Å². The molecular weight excluding hydrogens is 328 g/mol. The Morgan fingerprint density at radius 1 is 1.08 bits per heavy atom. The predicted molar refractivity (Wildman–Crippen MR) is 100 cm³/mol. The molecule has 1 aliphatic heterocycles. The molecule has 0 amide bonds. The van der Waals surface area contributed by atoms with Gasteiger partial charge in [0.05, 0.1) is 5.92 Å². The lowest BCUT2D eigenvalue weighted by Gasteiger charge is -2.29. The molecule has 0 saturated carbocycles. The van der Waals surface area contributed by atoms with Gasteiger partial charge < -0.3 is 16.2 Å². The summed E-state index contributed by atoms with van der Waals surface area (Å²) in [6, 6.07) is 17.8. The van der Waals surface area contributed by atoms with Crippen LogP contribution in [0.25, 0.3) is 0 Å². The van der Waals surface area contributed by atoms with Gasteiger partial charge in [-0.2, -0.15) is 0 Å². The average molecular weight is 352 g/mol. The topological polar surface area (TPSA) is 92.4 Å². The summed E-state index contributed by atoms with van der Waals surface area (Å²) in [5.41, 5.74) is 8.65.